The molecule has 32 heavy (non-hydrogen) atoms. The Kier molecular flexibility index (Phi) is 4.72. The van der Waals surface area contributed by atoms with Crippen molar-refractivity contribution < 1.29 is 9.53 Å². The average Bonchev–Trinajstić information content (AvgIpc) is 3.51. The van der Waals surface area contributed by atoms with E-state index in [1.807, 2.05) is 24.3 Å². The van der Waals surface area contributed by atoms with Crippen LogP contribution in [0.3, 0.4) is 0 Å². The molecule has 0 bridgehead atoms. The summed E-state index contributed by atoms with van der Waals surface area (Å²) in [4.78, 5) is 40.2. The number of nitrogens with zero attached hydrogens (tertiary/aromatic N) is 6. The van der Waals surface area contributed by atoms with E-state index in [2.05, 4.69) is 10.2 Å². The first-order valence-electron chi connectivity index (χ1n) is 10.5. The molecule has 0 saturated carbocycles. The summed E-state index contributed by atoms with van der Waals surface area (Å²) in [5.74, 6) is 1.24. The fraction of sp³-hybridized carbons (Fsp3) is 0.409. The van der Waals surface area contributed by atoms with Crippen molar-refractivity contribution in [3.05, 3.63) is 74.3 Å². The third-order valence-electron chi connectivity index (χ3n) is 6.49. The van der Waals surface area contributed by atoms with Crippen molar-refractivity contribution in [2.45, 2.75) is 25.9 Å². The van der Waals surface area contributed by atoms with E-state index in [-0.39, 0.29) is 17.9 Å². The van der Waals surface area contributed by atoms with Gasteiger partial charge in [-0.15, -0.1) is 0 Å². The molecule has 166 valence electrons. The lowest BCUT2D eigenvalue weighted by molar-refractivity contribution is 0.0761. The minimum absolute atomic E-state index is 0.0720. The second kappa shape index (κ2) is 7.47. The van der Waals surface area contributed by atoms with Crippen LogP contribution in [-0.2, 0) is 26.6 Å². The van der Waals surface area contributed by atoms with Crippen LogP contribution in [0.5, 0.6) is 5.75 Å². The van der Waals surface area contributed by atoms with Crippen molar-refractivity contribution in [3.8, 4) is 5.75 Å². The number of amides is 1. The zero-order chi connectivity index (χ0) is 22.5. The molecule has 1 fully saturated rings. The van der Waals surface area contributed by atoms with Crippen LogP contribution in [-0.4, -0.2) is 55.1 Å². The van der Waals surface area contributed by atoms with E-state index in [0.717, 1.165) is 17.7 Å². The van der Waals surface area contributed by atoms with Gasteiger partial charge in [-0.3, -0.25) is 23.6 Å². The predicted molar refractivity (Wildman–Crippen MR) is 115 cm³/mol. The monoisotopic (exact) mass is 436 g/mol. The maximum atomic E-state index is 12.9. The van der Waals surface area contributed by atoms with Crippen LogP contribution < -0.4 is 15.9 Å². The molecule has 2 aliphatic rings. The van der Waals surface area contributed by atoms with Crippen molar-refractivity contribution in [1.29, 1.82) is 0 Å². The molecular weight excluding hydrogens is 412 g/mol. The van der Waals surface area contributed by atoms with Gasteiger partial charge in [-0.1, -0.05) is 12.1 Å². The number of rotatable bonds is 4. The molecule has 10 heteroatoms. The van der Waals surface area contributed by atoms with E-state index >= 15 is 0 Å². The van der Waals surface area contributed by atoms with Crippen LogP contribution in [0, 0.1) is 5.41 Å². The van der Waals surface area contributed by atoms with E-state index in [1.165, 1.54) is 9.25 Å². The molecule has 1 unspecified atom stereocenters. The lowest BCUT2D eigenvalue weighted by atomic mass is 9.86. The van der Waals surface area contributed by atoms with Crippen LogP contribution in [0.15, 0.2) is 46.1 Å². The fourth-order valence-electron chi connectivity index (χ4n) is 4.74. The van der Waals surface area contributed by atoms with Crippen molar-refractivity contribution in [1.82, 2.24) is 29.0 Å². The number of ether oxygens (including phenoxy) is 1. The Morgan fingerprint density at radius 2 is 1.91 bits per heavy atom. The van der Waals surface area contributed by atoms with Crippen LogP contribution >= 0.6 is 0 Å². The van der Waals surface area contributed by atoms with E-state index in [1.54, 1.807) is 36.0 Å². The number of hydrogen-bond donors (Lipinski definition) is 0. The molecule has 4 heterocycles. The van der Waals surface area contributed by atoms with Gasteiger partial charge in [0.15, 0.2) is 0 Å². The van der Waals surface area contributed by atoms with Crippen LogP contribution in [0.2, 0.25) is 0 Å². The Morgan fingerprint density at radius 1 is 1.12 bits per heavy atom. The summed E-state index contributed by atoms with van der Waals surface area (Å²) in [5, 5.41) is 8.60. The maximum Gasteiger partial charge on any atom is 0.332 e. The number of carbonyl (C=O) groups excluding carboxylic acids is 1. The second-order valence-electron chi connectivity index (χ2n) is 8.61. The van der Waals surface area contributed by atoms with Crippen molar-refractivity contribution in [2.24, 2.45) is 12.5 Å². The molecule has 10 nitrogen and oxygen atoms in total. The predicted octanol–water partition coefficient (Wildman–Crippen LogP) is 0.284. The van der Waals surface area contributed by atoms with Gasteiger partial charge in [0.1, 0.15) is 17.3 Å². The lowest BCUT2D eigenvalue weighted by Crippen LogP contribution is -2.43. The van der Waals surface area contributed by atoms with Crippen molar-refractivity contribution >= 4 is 5.91 Å². The average molecular weight is 436 g/mol. The summed E-state index contributed by atoms with van der Waals surface area (Å²) in [5.41, 5.74) is -0.0865. The van der Waals surface area contributed by atoms with E-state index in [9.17, 15) is 14.4 Å². The van der Waals surface area contributed by atoms with Gasteiger partial charge in [0.05, 0.1) is 13.7 Å². The van der Waals surface area contributed by atoms with Gasteiger partial charge in [0.2, 0.25) is 0 Å². The molecule has 5 rings (SSSR count). The second-order valence-corrected chi connectivity index (χ2v) is 8.61. The smallest absolute Gasteiger partial charge is 0.332 e. The van der Waals surface area contributed by atoms with Gasteiger partial charge in [-0.05, 0) is 30.2 Å². The zero-order valence-corrected chi connectivity index (χ0v) is 18.0. The molecule has 1 saturated heterocycles. The first kappa shape index (κ1) is 20.2. The molecule has 1 amide bonds. The van der Waals surface area contributed by atoms with E-state index < -0.39 is 11.1 Å². The molecule has 0 N–H and O–H groups in total. The van der Waals surface area contributed by atoms with Crippen LogP contribution in [0.4, 0.5) is 0 Å². The highest BCUT2D eigenvalue weighted by atomic mass is 16.5. The number of methoxy groups -OCH3 is 1. The summed E-state index contributed by atoms with van der Waals surface area (Å²) in [7, 11) is 3.33. The molecule has 2 aliphatic heterocycles. The Balaban J connectivity index is 1.38. The number of carbonyl (C=O) groups is 1. The molecule has 1 spiro atoms. The number of aryl methyl sites for hydroxylation is 1. The minimum Gasteiger partial charge on any atom is -0.497 e. The lowest BCUT2D eigenvalue weighted by Gasteiger charge is -2.22. The molecule has 0 aliphatic carbocycles. The van der Waals surface area contributed by atoms with Gasteiger partial charge in [-0.25, -0.2) is 4.68 Å². The number of hydrogen-bond acceptors (Lipinski definition) is 6. The summed E-state index contributed by atoms with van der Waals surface area (Å²) < 4.78 is 9.46. The summed E-state index contributed by atoms with van der Waals surface area (Å²) in [6, 6.07) is 9.01. The fourth-order valence-corrected chi connectivity index (χ4v) is 4.74. The van der Waals surface area contributed by atoms with Gasteiger partial charge in [0.25, 0.3) is 5.91 Å². The first-order valence-corrected chi connectivity index (χ1v) is 10.5. The van der Waals surface area contributed by atoms with E-state index in [0.29, 0.717) is 37.6 Å². The molecule has 1 atom stereocenters. The third kappa shape index (κ3) is 3.31. The molecule has 0 radical (unpaired) electrons. The SMILES string of the molecule is COc1ccc(Cn2nc3n(c(=O)c2=O)CC2(CCN(C(=O)c4ccnn4C)C2)C3)cc1. The molecular formula is C22H24N6O4. The van der Waals surface area contributed by atoms with Crippen molar-refractivity contribution in [3.63, 3.8) is 0 Å². The topological polar surface area (TPSA) is 104 Å². The maximum absolute atomic E-state index is 12.9. The Labute approximate surface area is 183 Å². The molecule has 1 aromatic carbocycles. The summed E-state index contributed by atoms with van der Waals surface area (Å²) >= 11 is 0. The van der Waals surface area contributed by atoms with Crippen LogP contribution in [0.1, 0.15) is 28.3 Å². The largest absolute Gasteiger partial charge is 0.497 e. The Bertz CT molecular complexity index is 1310. The zero-order valence-electron chi connectivity index (χ0n) is 18.0. The van der Waals surface area contributed by atoms with Crippen LogP contribution in [0.25, 0.3) is 0 Å². The summed E-state index contributed by atoms with van der Waals surface area (Å²) in [6.07, 6.45) is 2.91. The number of aromatic nitrogens is 5. The van der Waals surface area contributed by atoms with Gasteiger partial charge >= 0.3 is 11.1 Å². The first-order chi connectivity index (χ1) is 15.4. The molecule has 3 aromatic rings. The molecule has 2 aromatic heterocycles. The number of likely N-dealkylation sites (tertiary alicyclic amines) is 1. The van der Waals surface area contributed by atoms with Gasteiger partial charge in [0, 0.05) is 44.7 Å². The third-order valence-corrected chi connectivity index (χ3v) is 6.49. The van der Waals surface area contributed by atoms with Gasteiger partial charge in [-0.2, -0.15) is 10.2 Å². The number of benzene rings is 1. The normalized spacial score (nSPS) is 19.5. The Morgan fingerprint density at radius 3 is 2.59 bits per heavy atom. The number of fused-ring (bicyclic) bond motifs is 1. The quantitative estimate of drug-likeness (QED) is 0.545. The van der Waals surface area contributed by atoms with Gasteiger partial charge < -0.3 is 9.64 Å². The minimum atomic E-state index is -0.637. The van der Waals surface area contributed by atoms with Crippen molar-refractivity contribution in [2.75, 3.05) is 20.2 Å². The highest BCUT2D eigenvalue weighted by Gasteiger charge is 2.46. The highest BCUT2D eigenvalue weighted by molar-refractivity contribution is 5.92. The van der Waals surface area contributed by atoms with E-state index in [4.69, 9.17) is 4.74 Å². The Hall–Kier alpha value is -3.69. The summed E-state index contributed by atoms with van der Waals surface area (Å²) in [6.45, 7) is 1.74. The highest BCUT2D eigenvalue weighted by Crippen LogP contribution is 2.39. The standard InChI is InChI=1S/C22H24N6O4/c1-25-17(7-9-23-25)19(29)26-10-8-22(13-26)11-18-24-28(21(31)20(30)27(18)14-22)12-15-3-5-16(32-2)6-4-15/h3-7,9H,8,10-14H2,1-2H3.